The number of fused-ring (bicyclic) bond motifs is 2. The van der Waals surface area contributed by atoms with Crippen LogP contribution in [0, 0.1) is 0 Å². The topological polar surface area (TPSA) is 54.5 Å². The van der Waals surface area contributed by atoms with Gasteiger partial charge in [0.15, 0.2) is 0 Å². The first-order chi connectivity index (χ1) is 12.2. The van der Waals surface area contributed by atoms with E-state index in [0.29, 0.717) is 34.2 Å². The highest BCUT2D eigenvalue weighted by atomic mass is 35.5. The van der Waals surface area contributed by atoms with E-state index in [0.717, 1.165) is 25.9 Å². The highest BCUT2D eigenvalue weighted by Crippen LogP contribution is 2.30. The number of amides is 1. The first-order valence-electron chi connectivity index (χ1n) is 8.62. The van der Waals surface area contributed by atoms with Crippen LogP contribution in [-0.4, -0.2) is 41.0 Å². The molecule has 0 saturated carbocycles. The maximum atomic E-state index is 12.8. The summed E-state index contributed by atoms with van der Waals surface area (Å²) in [5.41, 5.74) is 0.602. The van der Waals surface area contributed by atoms with Crippen LogP contribution in [0.2, 0.25) is 5.02 Å². The molecule has 1 aromatic heterocycles. The highest BCUT2D eigenvalue weighted by Gasteiger charge is 2.31. The Balaban J connectivity index is 1.49. The molecule has 2 unspecified atom stereocenters. The van der Waals surface area contributed by atoms with E-state index in [1.165, 1.54) is 6.42 Å². The second kappa shape index (κ2) is 7.02. The zero-order valence-corrected chi connectivity index (χ0v) is 14.6. The summed E-state index contributed by atoms with van der Waals surface area (Å²) in [5.74, 6) is 1.22. The predicted octanol–water partition coefficient (Wildman–Crippen LogP) is 3.49. The Labute approximate surface area is 152 Å². The highest BCUT2D eigenvalue weighted by molar-refractivity contribution is 6.32. The Morgan fingerprint density at radius 1 is 1.16 bits per heavy atom. The number of rotatable bonds is 3. The van der Waals surface area contributed by atoms with E-state index in [1.54, 1.807) is 42.7 Å². The van der Waals surface area contributed by atoms with Gasteiger partial charge in [-0.3, -0.25) is 9.78 Å². The Kier molecular flexibility index (Phi) is 4.59. The first-order valence-corrected chi connectivity index (χ1v) is 8.99. The van der Waals surface area contributed by atoms with E-state index in [1.807, 2.05) is 4.90 Å². The smallest absolute Gasteiger partial charge is 0.253 e. The maximum Gasteiger partial charge on any atom is 0.253 e. The molecule has 2 fully saturated rings. The van der Waals surface area contributed by atoms with Gasteiger partial charge in [-0.25, -0.2) is 0 Å². The lowest BCUT2D eigenvalue weighted by molar-refractivity contribution is 0.0748. The Hall–Kier alpha value is -2.11. The second-order valence-electron chi connectivity index (χ2n) is 6.61. The van der Waals surface area contributed by atoms with Gasteiger partial charge in [0.25, 0.3) is 5.91 Å². The number of likely N-dealkylation sites (tertiary alicyclic amines) is 1. The molecule has 0 spiro atoms. The third-order valence-corrected chi connectivity index (χ3v) is 5.16. The molecule has 1 aromatic carbocycles. The minimum Gasteiger partial charge on any atom is -0.456 e. The fourth-order valence-corrected chi connectivity index (χ4v) is 3.78. The van der Waals surface area contributed by atoms with Gasteiger partial charge < -0.3 is 15.0 Å². The van der Waals surface area contributed by atoms with Crippen LogP contribution in [0.3, 0.4) is 0 Å². The minimum atomic E-state index is 0.0340. The number of halogens is 1. The zero-order chi connectivity index (χ0) is 17.2. The number of benzene rings is 1. The van der Waals surface area contributed by atoms with Crippen LogP contribution < -0.4 is 10.1 Å². The Morgan fingerprint density at radius 3 is 2.76 bits per heavy atom. The summed E-state index contributed by atoms with van der Waals surface area (Å²) in [6.07, 6.45) is 6.69. The van der Waals surface area contributed by atoms with Gasteiger partial charge in [0.1, 0.15) is 11.5 Å². The molecule has 2 atom stereocenters. The van der Waals surface area contributed by atoms with Gasteiger partial charge in [0.05, 0.1) is 5.02 Å². The molecule has 2 bridgehead atoms. The van der Waals surface area contributed by atoms with Crippen LogP contribution in [0.25, 0.3) is 0 Å². The lowest BCUT2D eigenvalue weighted by atomic mass is 10.1. The first kappa shape index (κ1) is 16.4. The molecular formula is C19H20ClN3O2. The number of nitrogens with one attached hydrogen (secondary N) is 1. The summed E-state index contributed by atoms with van der Waals surface area (Å²) in [5, 5.41) is 4.02. The van der Waals surface area contributed by atoms with Crippen molar-refractivity contribution >= 4 is 17.5 Å². The molecule has 130 valence electrons. The van der Waals surface area contributed by atoms with Gasteiger partial charge in [-0.15, -0.1) is 0 Å². The largest absolute Gasteiger partial charge is 0.456 e. The molecule has 3 heterocycles. The summed E-state index contributed by atoms with van der Waals surface area (Å²) in [7, 11) is 0. The minimum absolute atomic E-state index is 0.0340. The number of nitrogens with zero attached hydrogens (tertiary/aromatic N) is 2. The maximum absolute atomic E-state index is 12.8. The third kappa shape index (κ3) is 3.62. The molecule has 2 saturated heterocycles. The lowest BCUT2D eigenvalue weighted by Gasteiger charge is -2.24. The van der Waals surface area contributed by atoms with Gasteiger partial charge in [-0.1, -0.05) is 11.6 Å². The number of carbonyl (C=O) groups excluding carboxylic acids is 1. The van der Waals surface area contributed by atoms with Crippen molar-refractivity contribution in [2.24, 2.45) is 0 Å². The molecule has 1 amide bonds. The van der Waals surface area contributed by atoms with Crippen LogP contribution in [-0.2, 0) is 0 Å². The van der Waals surface area contributed by atoms with Crippen LogP contribution in [0.15, 0.2) is 42.7 Å². The van der Waals surface area contributed by atoms with Crippen molar-refractivity contribution in [2.45, 2.75) is 31.3 Å². The Bertz CT molecular complexity index is 769. The van der Waals surface area contributed by atoms with Crippen molar-refractivity contribution in [3.8, 4) is 11.5 Å². The molecule has 0 radical (unpaired) electrons. The average molecular weight is 358 g/mol. The van der Waals surface area contributed by atoms with Crippen molar-refractivity contribution in [3.05, 3.63) is 53.3 Å². The standard InChI is InChI=1S/C19H20ClN3O2/c20-17-11-13(1-4-18(17)25-16-5-8-21-9-6-16)19(24)23-10-7-14-2-3-15(12-23)22-14/h1,4-6,8-9,11,14-15,22H,2-3,7,10,12H2. The number of hydrogen-bond acceptors (Lipinski definition) is 4. The van der Waals surface area contributed by atoms with Gasteiger partial charge >= 0.3 is 0 Å². The second-order valence-corrected chi connectivity index (χ2v) is 7.02. The van der Waals surface area contributed by atoms with Crippen molar-refractivity contribution in [2.75, 3.05) is 13.1 Å². The summed E-state index contributed by atoms with van der Waals surface area (Å²) >= 11 is 6.33. The third-order valence-electron chi connectivity index (χ3n) is 4.87. The van der Waals surface area contributed by atoms with E-state index in [2.05, 4.69) is 10.3 Å². The van der Waals surface area contributed by atoms with Gasteiger partial charge in [0, 0.05) is 43.1 Å². The van der Waals surface area contributed by atoms with Crippen LogP contribution >= 0.6 is 11.6 Å². The molecular weight excluding hydrogens is 338 g/mol. The van der Waals surface area contributed by atoms with E-state index >= 15 is 0 Å². The van der Waals surface area contributed by atoms with Crippen LogP contribution in [0.4, 0.5) is 0 Å². The SMILES string of the molecule is O=C(c1ccc(Oc2ccncc2)c(Cl)c1)N1CCC2CCC(C1)N2. The molecule has 0 aliphatic carbocycles. The average Bonchev–Trinajstić information content (AvgIpc) is 2.96. The van der Waals surface area contributed by atoms with Crippen LogP contribution in [0.1, 0.15) is 29.6 Å². The molecule has 2 aromatic rings. The van der Waals surface area contributed by atoms with Gasteiger partial charge in [-0.05, 0) is 49.6 Å². The molecule has 5 nitrogen and oxygen atoms in total. The predicted molar refractivity (Wildman–Crippen MR) is 96.2 cm³/mol. The molecule has 2 aliphatic heterocycles. The van der Waals surface area contributed by atoms with Crippen LogP contribution in [0.5, 0.6) is 11.5 Å². The Morgan fingerprint density at radius 2 is 1.96 bits per heavy atom. The van der Waals surface area contributed by atoms with E-state index < -0.39 is 0 Å². The van der Waals surface area contributed by atoms with Crippen molar-refractivity contribution in [1.29, 1.82) is 0 Å². The number of carbonyl (C=O) groups is 1. The van der Waals surface area contributed by atoms with E-state index in [9.17, 15) is 4.79 Å². The van der Waals surface area contributed by atoms with Gasteiger partial charge in [-0.2, -0.15) is 0 Å². The van der Waals surface area contributed by atoms with E-state index in [4.69, 9.17) is 16.3 Å². The molecule has 6 heteroatoms. The normalized spacial score (nSPS) is 22.5. The van der Waals surface area contributed by atoms with E-state index in [-0.39, 0.29) is 5.91 Å². The summed E-state index contributed by atoms with van der Waals surface area (Å²) in [4.78, 5) is 18.7. The number of ether oxygens (including phenoxy) is 1. The lowest BCUT2D eigenvalue weighted by Crippen LogP contribution is -2.39. The number of pyridine rings is 1. The quantitative estimate of drug-likeness (QED) is 0.913. The fourth-order valence-electron chi connectivity index (χ4n) is 3.56. The van der Waals surface area contributed by atoms with Crippen molar-refractivity contribution < 1.29 is 9.53 Å². The summed E-state index contributed by atoms with van der Waals surface area (Å²) in [6, 6.07) is 9.71. The summed E-state index contributed by atoms with van der Waals surface area (Å²) in [6.45, 7) is 1.56. The molecule has 1 N–H and O–H groups in total. The number of hydrogen-bond donors (Lipinski definition) is 1. The summed E-state index contributed by atoms with van der Waals surface area (Å²) < 4.78 is 5.74. The molecule has 2 aliphatic rings. The zero-order valence-electron chi connectivity index (χ0n) is 13.8. The van der Waals surface area contributed by atoms with Gasteiger partial charge in [0.2, 0.25) is 0 Å². The number of aromatic nitrogens is 1. The molecule has 25 heavy (non-hydrogen) atoms. The monoisotopic (exact) mass is 357 g/mol. The van der Waals surface area contributed by atoms with Crippen molar-refractivity contribution in [1.82, 2.24) is 15.2 Å². The van der Waals surface area contributed by atoms with Crippen molar-refractivity contribution in [3.63, 3.8) is 0 Å². The fraction of sp³-hybridized carbons (Fsp3) is 0.368. The molecule has 4 rings (SSSR count).